The summed E-state index contributed by atoms with van der Waals surface area (Å²) in [4.78, 5) is 27.8. The third-order valence-corrected chi connectivity index (χ3v) is 4.38. The highest BCUT2D eigenvalue weighted by atomic mass is 16.4. The SMILES string of the molecule is CC1(C)CC(C(=O)NC(Cn2cncn2)C(=O)O)CC(C)(C)C1. The number of aliphatic carboxylic acids is 1. The molecule has 1 heterocycles. The summed E-state index contributed by atoms with van der Waals surface area (Å²) >= 11 is 0. The molecule has 1 atom stereocenters. The van der Waals surface area contributed by atoms with Crippen LogP contribution in [0.5, 0.6) is 0 Å². The van der Waals surface area contributed by atoms with Gasteiger partial charge in [-0.3, -0.25) is 9.48 Å². The standard InChI is InChI=1S/C16H26N4O3/c1-15(2)5-11(6-16(3,4)8-15)13(21)19-12(14(22)23)7-20-10-17-9-18-20/h9-12H,5-8H2,1-4H3,(H,19,21)(H,22,23). The van der Waals surface area contributed by atoms with Crippen molar-refractivity contribution in [2.75, 3.05) is 0 Å². The molecule has 7 nitrogen and oxygen atoms in total. The number of hydrogen-bond donors (Lipinski definition) is 2. The summed E-state index contributed by atoms with van der Waals surface area (Å²) < 4.78 is 1.41. The van der Waals surface area contributed by atoms with E-state index in [0.29, 0.717) is 0 Å². The lowest BCUT2D eigenvalue weighted by Crippen LogP contribution is -2.49. The van der Waals surface area contributed by atoms with Crippen LogP contribution in [0.1, 0.15) is 47.0 Å². The van der Waals surface area contributed by atoms with Crippen molar-refractivity contribution in [1.29, 1.82) is 0 Å². The molecular formula is C16H26N4O3. The van der Waals surface area contributed by atoms with E-state index >= 15 is 0 Å². The van der Waals surface area contributed by atoms with E-state index in [0.717, 1.165) is 19.3 Å². The Labute approximate surface area is 136 Å². The van der Waals surface area contributed by atoms with Crippen molar-refractivity contribution in [2.45, 2.75) is 59.5 Å². The van der Waals surface area contributed by atoms with Crippen LogP contribution in [0.2, 0.25) is 0 Å². The van der Waals surface area contributed by atoms with Crippen LogP contribution >= 0.6 is 0 Å². The fourth-order valence-electron chi connectivity index (χ4n) is 4.02. The zero-order valence-electron chi connectivity index (χ0n) is 14.2. The third-order valence-electron chi connectivity index (χ3n) is 4.38. The molecule has 0 aliphatic heterocycles. The lowest BCUT2D eigenvalue weighted by atomic mass is 9.61. The van der Waals surface area contributed by atoms with Crippen molar-refractivity contribution < 1.29 is 14.7 Å². The largest absolute Gasteiger partial charge is 0.480 e. The molecule has 1 aromatic rings. The lowest BCUT2D eigenvalue weighted by molar-refractivity contribution is -0.143. The van der Waals surface area contributed by atoms with E-state index in [2.05, 4.69) is 43.1 Å². The number of carboxylic acids is 1. The normalized spacial score (nSPS) is 21.6. The van der Waals surface area contributed by atoms with Crippen molar-refractivity contribution in [3.8, 4) is 0 Å². The second-order valence-electron chi connectivity index (χ2n) is 8.13. The highest BCUT2D eigenvalue weighted by Gasteiger charge is 2.41. The van der Waals surface area contributed by atoms with Crippen LogP contribution in [0, 0.1) is 16.7 Å². The molecule has 1 fully saturated rings. The molecule has 7 heteroatoms. The van der Waals surface area contributed by atoms with Gasteiger partial charge in [-0.05, 0) is 30.1 Å². The van der Waals surface area contributed by atoms with Gasteiger partial charge in [0.15, 0.2) is 0 Å². The molecule has 128 valence electrons. The van der Waals surface area contributed by atoms with Crippen molar-refractivity contribution in [2.24, 2.45) is 16.7 Å². The van der Waals surface area contributed by atoms with Crippen molar-refractivity contribution in [1.82, 2.24) is 20.1 Å². The molecule has 2 rings (SSSR count). The van der Waals surface area contributed by atoms with Crippen molar-refractivity contribution in [3.05, 3.63) is 12.7 Å². The van der Waals surface area contributed by atoms with Crippen LogP contribution in [0.4, 0.5) is 0 Å². The van der Waals surface area contributed by atoms with Crippen LogP contribution in [0.15, 0.2) is 12.7 Å². The number of aromatic nitrogens is 3. The Balaban J connectivity index is 2.04. The Bertz CT molecular complexity index is 550. The molecule has 23 heavy (non-hydrogen) atoms. The number of rotatable bonds is 5. The van der Waals surface area contributed by atoms with Crippen molar-refractivity contribution >= 4 is 11.9 Å². The number of carboxylic acid groups (broad SMARTS) is 1. The third kappa shape index (κ3) is 4.77. The zero-order chi connectivity index (χ0) is 17.3. The van der Waals surface area contributed by atoms with E-state index in [1.807, 2.05) is 0 Å². The highest BCUT2D eigenvalue weighted by Crippen LogP contribution is 2.48. The van der Waals surface area contributed by atoms with Gasteiger partial charge >= 0.3 is 5.97 Å². The van der Waals surface area contributed by atoms with Crippen molar-refractivity contribution in [3.63, 3.8) is 0 Å². The summed E-state index contributed by atoms with van der Waals surface area (Å²) in [6, 6.07) is -1.00. The Morgan fingerprint density at radius 2 is 1.91 bits per heavy atom. The summed E-state index contributed by atoms with van der Waals surface area (Å²) in [5.41, 5.74) is 0.156. The molecule has 0 bridgehead atoms. The summed E-state index contributed by atoms with van der Waals surface area (Å²) in [6.07, 6.45) is 5.39. The molecule has 1 amide bonds. The Morgan fingerprint density at radius 1 is 1.30 bits per heavy atom. The Hall–Kier alpha value is -1.92. The molecule has 1 aromatic heterocycles. The minimum atomic E-state index is -1.07. The molecule has 0 radical (unpaired) electrons. The van der Waals surface area contributed by atoms with E-state index in [9.17, 15) is 14.7 Å². The number of nitrogens with zero attached hydrogens (tertiary/aromatic N) is 3. The van der Waals surface area contributed by atoms with E-state index in [-0.39, 0.29) is 29.2 Å². The summed E-state index contributed by atoms with van der Waals surface area (Å²) in [7, 11) is 0. The quantitative estimate of drug-likeness (QED) is 0.860. The van der Waals surface area contributed by atoms with E-state index in [1.165, 1.54) is 17.3 Å². The van der Waals surface area contributed by atoms with Gasteiger partial charge in [0.05, 0.1) is 6.54 Å². The second-order valence-corrected chi connectivity index (χ2v) is 8.13. The van der Waals surface area contributed by atoms with Gasteiger partial charge in [0, 0.05) is 5.92 Å². The minimum absolute atomic E-state index is 0.0700. The minimum Gasteiger partial charge on any atom is -0.480 e. The van der Waals surface area contributed by atoms with Crippen LogP contribution in [-0.2, 0) is 16.1 Å². The molecule has 0 saturated heterocycles. The van der Waals surface area contributed by atoms with Gasteiger partial charge < -0.3 is 10.4 Å². The first-order chi connectivity index (χ1) is 10.6. The van der Waals surface area contributed by atoms with Crippen LogP contribution in [0.3, 0.4) is 0 Å². The van der Waals surface area contributed by atoms with E-state index in [4.69, 9.17) is 0 Å². The number of carbonyl (C=O) groups excluding carboxylic acids is 1. The van der Waals surface area contributed by atoms with Gasteiger partial charge in [-0.2, -0.15) is 5.10 Å². The maximum absolute atomic E-state index is 12.6. The molecule has 1 aliphatic rings. The van der Waals surface area contributed by atoms with Gasteiger partial charge in [0.2, 0.25) is 5.91 Å². The maximum Gasteiger partial charge on any atom is 0.328 e. The predicted molar refractivity (Wildman–Crippen MR) is 84.5 cm³/mol. The first-order valence-electron chi connectivity index (χ1n) is 7.94. The summed E-state index contributed by atoms with van der Waals surface area (Å²) in [5.74, 6) is -1.41. The molecular weight excluding hydrogens is 296 g/mol. The van der Waals surface area contributed by atoms with E-state index in [1.54, 1.807) is 0 Å². The molecule has 1 saturated carbocycles. The number of hydrogen-bond acceptors (Lipinski definition) is 4. The first kappa shape index (κ1) is 17.4. The van der Waals surface area contributed by atoms with Gasteiger partial charge in [0.1, 0.15) is 18.7 Å². The monoisotopic (exact) mass is 322 g/mol. The predicted octanol–water partition coefficient (Wildman–Crippen LogP) is 1.70. The smallest absolute Gasteiger partial charge is 0.328 e. The van der Waals surface area contributed by atoms with Crippen LogP contribution in [0.25, 0.3) is 0 Å². The summed E-state index contributed by atoms with van der Waals surface area (Å²) in [6.45, 7) is 8.73. The Kier molecular flexibility index (Phi) is 4.77. The second kappa shape index (κ2) is 6.29. The molecule has 2 N–H and O–H groups in total. The average molecular weight is 322 g/mol. The van der Waals surface area contributed by atoms with Gasteiger partial charge in [-0.1, -0.05) is 27.7 Å². The first-order valence-corrected chi connectivity index (χ1v) is 7.94. The number of nitrogens with one attached hydrogen (secondary N) is 1. The highest BCUT2D eigenvalue weighted by molar-refractivity contribution is 5.85. The fourth-order valence-corrected chi connectivity index (χ4v) is 4.02. The fraction of sp³-hybridized carbons (Fsp3) is 0.750. The number of carbonyl (C=O) groups is 2. The van der Waals surface area contributed by atoms with Gasteiger partial charge in [-0.15, -0.1) is 0 Å². The average Bonchev–Trinajstić information content (AvgIpc) is 2.86. The zero-order valence-corrected chi connectivity index (χ0v) is 14.2. The molecule has 1 unspecified atom stereocenters. The Morgan fingerprint density at radius 3 is 2.39 bits per heavy atom. The lowest BCUT2D eigenvalue weighted by Gasteiger charge is -2.44. The van der Waals surface area contributed by atoms with E-state index < -0.39 is 12.0 Å². The molecule has 0 spiro atoms. The molecule has 0 aromatic carbocycles. The summed E-state index contributed by atoms with van der Waals surface area (Å²) in [5, 5.41) is 15.9. The maximum atomic E-state index is 12.6. The number of amides is 1. The van der Waals surface area contributed by atoms with Gasteiger partial charge in [-0.25, -0.2) is 9.78 Å². The van der Waals surface area contributed by atoms with Crippen LogP contribution in [-0.4, -0.2) is 37.8 Å². The molecule has 1 aliphatic carbocycles. The topological polar surface area (TPSA) is 97.1 Å². The van der Waals surface area contributed by atoms with Crippen LogP contribution < -0.4 is 5.32 Å². The van der Waals surface area contributed by atoms with Gasteiger partial charge in [0.25, 0.3) is 0 Å².